The number of benzene rings is 2. The maximum Gasteiger partial charge on any atom is 0.134 e. The minimum atomic E-state index is 0.736. The Kier molecular flexibility index (Phi) is 4.61. The van der Waals surface area contributed by atoms with E-state index in [1.54, 1.807) is 20.5 Å². The first-order valence-corrected chi connectivity index (χ1v) is 7.58. The molecular formula is C19H19N3O2. The summed E-state index contributed by atoms with van der Waals surface area (Å²) in [5.74, 6) is 2.42. The summed E-state index contributed by atoms with van der Waals surface area (Å²) < 4.78 is 10.5. The van der Waals surface area contributed by atoms with E-state index >= 15 is 0 Å². The molecule has 0 aliphatic heterocycles. The molecule has 5 nitrogen and oxygen atoms in total. The van der Waals surface area contributed by atoms with E-state index in [2.05, 4.69) is 15.3 Å². The molecular weight excluding hydrogens is 302 g/mol. The Morgan fingerprint density at radius 3 is 2.33 bits per heavy atom. The lowest BCUT2D eigenvalue weighted by atomic mass is 10.1. The Morgan fingerprint density at radius 1 is 0.875 bits per heavy atom. The number of nitrogens with one attached hydrogen (secondary N) is 1. The number of nitrogens with zero attached hydrogens (tertiary/aromatic N) is 2. The van der Waals surface area contributed by atoms with Crippen LogP contribution in [0.25, 0.3) is 11.3 Å². The molecule has 0 bridgehead atoms. The van der Waals surface area contributed by atoms with Gasteiger partial charge in [-0.15, -0.1) is 0 Å². The molecule has 3 rings (SSSR count). The van der Waals surface area contributed by atoms with Gasteiger partial charge in [0.25, 0.3) is 0 Å². The van der Waals surface area contributed by atoms with Crippen molar-refractivity contribution in [3.05, 3.63) is 60.4 Å². The van der Waals surface area contributed by atoms with Crippen LogP contribution < -0.4 is 14.8 Å². The topological polar surface area (TPSA) is 56.3 Å². The summed E-state index contributed by atoms with van der Waals surface area (Å²) in [7, 11) is 3.32. The molecule has 1 N–H and O–H groups in total. The molecule has 0 amide bonds. The zero-order valence-corrected chi connectivity index (χ0v) is 13.9. The second-order valence-electron chi connectivity index (χ2n) is 5.33. The summed E-state index contributed by atoms with van der Waals surface area (Å²) >= 11 is 0. The summed E-state index contributed by atoms with van der Waals surface area (Å²) in [6.45, 7) is 2.01. The number of aromatic nitrogens is 2. The smallest absolute Gasteiger partial charge is 0.134 e. The molecule has 0 saturated heterocycles. The molecule has 0 unspecified atom stereocenters. The Morgan fingerprint density at radius 2 is 1.67 bits per heavy atom. The van der Waals surface area contributed by atoms with Gasteiger partial charge in [-0.1, -0.05) is 0 Å². The van der Waals surface area contributed by atoms with Crippen molar-refractivity contribution in [3.63, 3.8) is 0 Å². The standard InChI is InChI=1S/C19H19N3O2/c1-13-10-15(6-9-18(13)24-3)22-19-11-17(20-12-21-19)14-4-7-16(23-2)8-5-14/h4-12H,1-3H3,(H,20,21,22). The van der Waals surface area contributed by atoms with Crippen molar-refractivity contribution >= 4 is 11.5 Å². The van der Waals surface area contributed by atoms with E-state index in [9.17, 15) is 0 Å². The first-order chi connectivity index (χ1) is 11.7. The Bertz CT molecular complexity index is 832. The van der Waals surface area contributed by atoms with Crippen LogP contribution in [-0.4, -0.2) is 24.2 Å². The summed E-state index contributed by atoms with van der Waals surface area (Å²) in [6.07, 6.45) is 1.55. The van der Waals surface area contributed by atoms with Crippen molar-refractivity contribution in [3.8, 4) is 22.8 Å². The van der Waals surface area contributed by atoms with E-state index in [-0.39, 0.29) is 0 Å². The summed E-state index contributed by atoms with van der Waals surface area (Å²) in [6, 6.07) is 15.6. The van der Waals surface area contributed by atoms with E-state index < -0.39 is 0 Å². The second-order valence-corrected chi connectivity index (χ2v) is 5.33. The van der Waals surface area contributed by atoms with Crippen LogP contribution in [-0.2, 0) is 0 Å². The molecule has 1 aromatic heterocycles. The van der Waals surface area contributed by atoms with Gasteiger partial charge in [-0.25, -0.2) is 9.97 Å². The lowest BCUT2D eigenvalue weighted by Gasteiger charge is -2.10. The highest BCUT2D eigenvalue weighted by Crippen LogP contribution is 2.25. The monoisotopic (exact) mass is 321 g/mol. The van der Waals surface area contributed by atoms with Gasteiger partial charge in [0.2, 0.25) is 0 Å². The highest BCUT2D eigenvalue weighted by Gasteiger charge is 2.05. The second kappa shape index (κ2) is 7.00. The van der Waals surface area contributed by atoms with Crippen LogP contribution in [0, 0.1) is 6.92 Å². The molecule has 0 atom stereocenters. The van der Waals surface area contributed by atoms with Gasteiger partial charge in [0.15, 0.2) is 0 Å². The summed E-state index contributed by atoms with van der Waals surface area (Å²) in [4.78, 5) is 8.63. The SMILES string of the molecule is COc1ccc(-c2cc(Nc3ccc(OC)c(C)c3)ncn2)cc1. The molecule has 2 aromatic carbocycles. The largest absolute Gasteiger partial charge is 0.497 e. The van der Waals surface area contributed by atoms with Gasteiger partial charge in [0.1, 0.15) is 23.6 Å². The zero-order valence-electron chi connectivity index (χ0n) is 13.9. The lowest BCUT2D eigenvalue weighted by molar-refractivity contribution is 0.412. The van der Waals surface area contributed by atoms with Gasteiger partial charge < -0.3 is 14.8 Å². The number of rotatable bonds is 5. The quantitative estimate of drug-likeness (QED) is 0.763. The number of methoxy groups -OCH3 is 2. The van der Waals surface area contributed by atoms with Crippen molar-refractivity contribution in [1.29, 1.82) is 0 Å². The van der Waals surface area contributed by atoms with Gasteiger partial charge in [-0.05, 0) is 55.0 Å². The van der Waals surface area contributed by atoms with Gasteiger partial charge in [-0.2, -0.15) is 0 Å². The van der Waals surface area contributed by atoms with Crippen LogP contribution in [0.2, 0.25) is 0 Å². The van der Waals surface area contributed by atoms with E-state index in [0.717, 1.165) is 39.8 Å². The van der Waals surface area contributed by atoms with Gasteiger partial charge in [-0.3, -0.25) is 0 Å². The molecule has 0 radical (unpaired) electrons. The van der Waals surface area contributed by atoms with Crippen molar-refractivity contribution in [2.45, 2.75) is 6.92 Å². The first-order valence-electron chi connectivity index (χ1n) is 7.58. The van der Waals surface area contributed by atoms with Crippen molar-refractivity contribution < 1.29 is 9.47 Å². The average Bonchev–Trinajstić information content (AvgIpc) is 2.62. The van der Waals surface area contributed by atoms with Crippen LogP contribution >= 0.6 is 0 Å². The first kappa shape index (κ1) is 15.8. The van der Waals surface area contributed by atoms with Gasteiger partial charge >= 0.3 is 0 Å². The Balaban J connectivity index is 1.83. The van der Waals surface area contributed by atoms with E-state index in [1.165, 1.54) is 0 Å². The molecule has 0 spiro atoms. The van der Waals surface area contributed by atoms with Crippen molar-refractivity contribution in [1.82, 2.24) is 9.97 Å². The molecule has 3 aromatic rings. The molecule has 0 fully saturated rings. The number of hydrogen-bond acceptors (Lipinski definition) is 5. The summed E-state index contributed by atoms with van der Waals surface area (Å²) in [5, 5.41) is 3.30. The molecule has 1 heterocycles. The Labute approximate surface area is 141 Å². The minimum absolute atomic E-state index is 0.736. The summed E-state index contributed by atoms with van der Waals surface area (Å²) in [5.41, 5.74) is 3.87. The van der Waals surface area contributed by atoms with Crippen molar-refractivity contribution in [2.75, 3.05) is 19.5 Å². The normalized spacial score (nSPS) is 10.3. The fraction of sp³-hybridized carbons (Fsp3) is 0.158. The molecule has 24 heavy (non-hydrogen) atoms. The van der Waals surface area contributed by atoms with Crippen molar-refractivity contribution in [2.24, 2.45) is 0 Å². The maximum absolute atomic E-state index is 5.28. The third-order valence-corrected chi connectivity index (χ3v) is 3.72. The van der Waals surface area contributed by atoms with Gasteiger partial charge in [0.05, 0.1) is 19.9 Å². The predicted molar refractivity (Wildman–Crippen MR) is 95.0 cm³/mol. The Hall–Kier alpha value is -3.08. The number of anilines is 2. The fourth-order valence-corrected chi connectivity index (χ4v) is 2.45. The highest BCUT2D eigenvalue weighted by molar-refractivity contribution is 5.66. The molecule has 0 aliphatic carbocycles. The minimum Gasteiger partial charge on any atom is -0.497 e. The van der Waals surface area contributed by atoms with Crippen LogP contribution in [0.5, 0.6) is 11.5 Å². The number of ether oxygens (including phenoxy) is 2. The third-order valence-electron chi connectivity index (χ3n) is 3.72. The van der Waals surface area contributed by atoms with E-state index in [1.807, 2.05) is 55.5 Å². The molecule has 0 aliphatic rings. The van der Waals surface area contributed by atoms with Crippen LogP contribution in [0.4, 0.5) is 11.5 Å². The maximum atomic E-state index is 5.28. The number of aryl methyl sites for hydroxylation is 1. The third kappa shape index (κ3) is 3.46. The molecule has 5 heteroatoms. The fourth-order valence-electron chi connectivity index (χ4n) is 2.45. The average molecular weight is 321 g/mol. The highest BCUT2D eigenvalue weighted by atomic mass is 16.5. The van der Waals surface area contributed by atoms with E-state index in [0.29, 0.717) is 0 Å². The van der Waals surface area contributed by atoms with Crippen LogP contribution in [0.15, 0.2) is 54.9 Å². The van der Waals surface area contributed by atoms with Gasteiger partial charge in [0, 0.05) is 17.3 Å². The van der Waals surface area contributed by atoms with Crippen LogP contribution in [0.1, 0.15) is 5.56 Å². The van der Waals surface area contributed by atoms with E-state index in [4.69, 9.17) is 9.47 Å². The number of hydrogen-bond donors (Lipinski definition) is 1. The van der Waals surface area contributed by atoms with Crippen LogP contribution in [0.3, 0.4) is 0 Å². The zero-order chi connectivity index (χ0) is 16.9. The predicted octanol–water partition coefficient (Wildman–Crippen LogP) is 4.21. The molecule has 122 valence electrons. The lowest BCUT2D eigenvalue weighted by Crippen LogP contribution is -1.96. The molecule has 0 saturated carbocycles.